The van der Waals surface area contributed by atoms with Crippen molar-refractivity contribution in [2.75, 3.05) is 0 Å². The molecule has 22 heavy (non-hydrogen) atoms. The van der Waals surface area contributed by atoms with Gasteiger partial charge in [0.15, 0.2) is 0 Å². The van der Waals surface area contributed by atoms with Gasteiger partial charge in [-0.25, -0.2) is 4.79 Å². The third kappa shape index (κ3) is 2.93. The Morgan fingerprint density at radius 2 is 1.64 bits per heavy atom. The molecule has 4 nitrogen and oxygen atoms in total. The molecular weight excluding hydrogens is 327 g/mol. The van der Waals surface area contributed by atoms with E-state index in [4.69, 9.17) is 27.9 Å². The molecule has 0 aliphatic carbocycles. The van der Waals surface area contributed by atoms with Gasteiger partial charge in [-0.2, -0.15) is 0 Å². The van der Waals surface area contributed by atoms with Crippen LogP contribution in [0.2, 0.25) is 10.0 Å². The Kier molecular flexibility index (Phi) is 4.74. The first-order valence-corrected chi connectivity index (χ1v) is 7.07. The Balaban J connectivity index is 2.77. The van der Waals surface area contributed by atoms with Crippen LogP contribution in [-0.4, -0.2) is 17.0 Å². The third-order valence-electron chi connectivity index (χ3n) is 3.10. The smallest absolute Gasteiger partial charge is 0.357 e. The van der Waals surface area contributed by atoms with E-state index >= 15 is 0 Å². The van der Waals surface area contributed by atoms with Gasteiger partial charge in [0.2, 0.25) is 0 Å². The van der Waals surface area contributed by atoms with E-state index in [0.717, 1.165) is 6.92 Å². The number of hydrogen-bond acceptors (Lipinski definition) is 3. The Labute approximate surface area is 137 Å². The highest BCUT2D eigenvalue weighted by molar-refractivity contribution is 6.32. The molecule has 0 bridgehead atoms. The third-order valence-corrected chi connectivity index (χ3v) is 3.68. The predicted octanol–water partition coefficient (Wildman–Crippen LogP) is 3.88. The first kappa shape index (κ1) is 16.3. The molecule has 0 fully saturated rings. The standard InChI is InChI=1S/C16H12Cl2O4/c1-10(19)22-16(15(20)21,11-6-8-12(17)9-7-11)13-4-2-3-5-14(13)18/h2-9H,1H3,(H,20,21). The van der Waals surface area contributed by atoms with Crippen LogP contribution in [0.1, 0.15) is 18.1 Å². The Morgan fingerprint density at radius 1 is 1.05 bits per heavy atom. The molecule has 1 unspecified atom stereocenters. The van der Waals surface area contributed by atoms with E-state index in [1.54, 1.807) is 12.1 Å². The van der Waals surface area contributed by atoms with Crippen molar-refractivity contribution in [1.82, 2.24) is 0 Å². The molecule has 2 aromatic carbocycles. The molecule has 0 aliphatic rings. The highest BCUT2D eigenvalue weighted by Crippen LogP contribution is 2.38. The van der Waals surface area contributed by atoms with Gasteiger partial charge in [0.1, 0.15) is 0 Å². The number of benzene rings is 2. The fourth-order valence-corrected chi connectivity index (χ4v) is 2.59. The fourth-order valence-electron chi connectivity index (χ4n) is 2.20. The highest BCUT2D eigenvalue weighted by atomic mass is 35.5. The first-order valence-electron chi connectivity index (χ1n) is 6.32. The average Bonchev–Trinajstić information content (AvgIpc) is 2.46. The average molecular weight is 339 g/mol. The molecule has 0 spiro atoms. The van der Waals surface area contributed by atoms with Crippen molar-refractivity contribution in [2.45, 2.75) is 12.5 Å². The minimum atomic E-state index is -2.03. The van der Waals surface area contributed by atoms with Crippen molar-refractivity contribution in [3.63, 3.8) is 0 Å². The zero-order chi connectivity index (χ0) is 16.3. The number of carbonyl (C=O) groups is 2. The predicted molar refractivity (Wildman–Crippen MR) is 83.1 cm³/mol. The summed E-state index contributed by atoms with van der Waals surface area (Å²) in [5, 5.41) is 10.4. The van der Waals surface area contributed by atoms with Gasteiger partial charge < -0.3 is 9.84 Å². The molecule has 1 atom stereocenters. The van der Waals surface area contributed by atoms with Crippen LogP contribution in [0.3, 0.4) is 0 Å². The number of halogens is 2. The minimum absolute atomic E-state index is 0.168. The SMILES string of the molecule is CC(=O)OC(C(=O)O)(c1ccc(Cl)cc1)c1ccccc1Cl. The largest absolute Gasteiger partial charge is 0.478 e. The lowest BCUT2D eigenvalue weighted by atomic mass is 9.86. The fraction of sp³-hybridized carbons (Fsp3) is 0.125. The molecule has 0 saturated heterocycles. The molecule has 2 aromatic rings. The number of carbonyl (C=O) groups excluding carboxylic acids is 1. The number of rotatable bonds is 4. The summed E-state index contributed by atoms with van der Waals surface area (Å²) in [4.78, 5) is 23.6. The van der Waals surface area contributed by atoms with Crippen molar-refractivity contribution in [2.24, 2.45) is 0 Å². The number of aliphatic carboxylic acids is 1. The number of hydrogen-bond donors (Lipinski definition) is 1. The monoisotopic (exact) mass is 338 g/mol. The summed E-state index contributed by atoms with van der Waals surface area (Å²) in [6, 6.07) is 12.4. The summed E-state index contributed by atoms with van der Waals surface area (Å²) in [5.41, 5.74) is -1.62. The Bertz CT molecular complexity index is 712. The van der Waals surface area contributed by atoms with E-state index < -0.39 is 17.5 Å². The number of carboxylic acids is 1. The van der Waals surface area contributed by atoms with Gasteiger partial charge in [0.25, 0.3) is 5.60 Å². The van der Waals surface area contributed by atoms with Crippen LogP contribution in [0.15, 0.2) is 48.5 Å². The summed E-state index contributed by atoms with van der Waals surface area (Å²) >= 11 is 12.0. The summed E-state index contributed by atoms with van der Waals surface area (Å²) in [5.74, 6) is -2.09. The topological polar surface area (TPSA) is 63.6 Å². The number of ether oxygens (including phenoxy) is 1. The second-order valence-corrected chi connectivity index (χ2v) is 5.41. The summed E-state index contributed by atoms with van der Waals surface area (Å²) in [7, 11) is 0. The quantitative estimate of drug-likeness (QED) is 0.859. The van der Waals surface area contributed by atoms with Gasteiger partial charge in [0, 0.05) is 28.1 Å². The highest BCUT2D eigenvalue weighted by Gasteiger charge is 2.47. The van der Waals surface area contributed by atoms with E-state index in [1.807, 2.05) is 0 Å². The Hall–Kier alpha value is -2.04. The van der Waals surface area contributed by atoms with Crippen molar-refractivity contribution < 1.29 is 19.4 Å². The Morgan fingerprint density at radius 3 is 2.14 bits per heavy atom. The normalized spacial score (nSPS) is 13.2. The molecule has 114 valence electrons. The van der Waals surface area contributed by atoms with Crippen LogP contribution < -0.4 is 0 Å². The lowest BCUT2D eigenvalue weighted by Crippen LogP contribution is -2.41. The van der Waals surface area contributed by atoms with Crippen LogP contribution in [-0.2, 0) is 19.9 Å². The van der Waals surface area contributed by atoms with Crippen LogP contribution in [0.4, 0.5) is 0 Å². The number of carboxylic acid groups (broad SMARTS) is 1. The van der Waals surface area contributed by atoms with E-state index in [1.165, 1.54) is 36.4 Å². The van der Waals surface area contributed by atoms with Crippen LogP contribution in [0.25, 0.3) is 0 Å². The van der Waals surface area contributed by atoms with Crippen molar-refractivity contribution >= 4 is 35.1 Å². The molecule has 0 heterocycles. The summed E-state index contributed by atoms with van der Waals surface area (Å²) in [6.07, 6.45) is 0. The van der Waals surface area contributed by atoms with Crippen molar-refractivity contribution in [3.8, 4) is 0 Å². The zero-order valence-electron chi connectivity index (χ0n) is 11.5. The molecule has 2 rings (SSSR count). The lowest BCUT2D eigenvalue weighted by molar-refractivity contribution is -0.173. The maximum absolute atomic E-state index is 12.0. The van der Waals surface area contributed by atoms with Crippen LogP contribution >= 0.6 is 23.2 Å². The van der Waals surface area contributed by atoms with E-state index in [-0.39, 0.29) is 16.1 Å². The van der Waals surface area contributed by atoms with Gasteiger partial charge in [-0.1, -0.05) is 53.5 Å². The van der Waals surface area contributed by atoms with Gasteiger partial charge in [-0.15, -0.1) is 0 Å². The molecule has 6 heteroatoms. The zero-order valence-corrected chi connectivity index (χ0v) is 13.1. The second kappa shape index (κ2) is 6.38. The molecule has 0 radical (unpaired) electrons. The van der Waals surface area contributed by atoms with Gasteiger partial charge in [-0.3, -0.25) is 4.79 Å². The van der Waals surface area contributed by atoms with Gasteiger partial charge >= 0.3 is 11.9 Å². The molecule has 0 aliphatic heterocycles. The van der Waals surface area contributed by atoms with E-state index in [9.17, 15) is 14.7 Å². The second-order valence-electron chi connectivity index (χ2n) is 4.57. The molecule has 0 aromatic heterocycles. The maximum Gasteiger partial charge on any atom is 0.357 e. The summed E-state index contributed by atoms with van der Waals surface area (Å²) < 4.78 is 5.23. The minimum Gasteiger partial charge on any atom is -0.478 e. The van der Waals surface area contributed by atoms with Gasteiger partial charge in [0.05, 0.1) is 0 Å². The summed E-state index contributed by atoms with van der Waals surface area (Å²) in [6.45, 7) is 1.14. The first-order chi connectivity index (χ1) is 10.4. The van der Waals surface area contributed by atoms with E-state index in [0.29, 0.717) is 5.02 Å². The lowest BCUT2D eigenvalue weighted by Gasteiger charge is -2.30. The van der Waals surface area contributed by atoms with E-state index in [2.05, 4.69) is 0 Å². The molecule has 1 N–H and O–H groups in total. The number of esters is 1. The van der Waals surface area contributed by atoms with Gasteiger partial charge in [-0.05, 0) is 18.2 Å². The van der Waals surface area contributed by atoms with Crippen LogP contribution in [0, 0.1) is 0 Å². The van der Waals surface area contributed by atoms with Crippen LogP contribution in [0.5, 0.6) is 0 Å². The molecular formula is C16H12Cl2O4. The van der Waals surface area contributed by atoms with Crippen molar-refractivity contribution in [1.29, 1.82) is 0 Å². The van der Waals surface area contributed by atoms with Crippen molar-refractivity contribution in [3.05, 3.63) is 69.7 Å². The maximum atomic E-state index is 12.0. The molecule has 0 amide bonds. The molecule has 0 saturated carbocycles.